The summed E-state index contributed by atoms with van der Waals surface area (Å²) < 4.78 is 8.02. The highest BCUT2D eigenvalue weighted by atomic mass is 16.5. The molecule has 17 heavy (non-hydrogen) atoms. The Bertz CT molecular complexity index is 353. The lowest BCUT2D eigenvalue weighted by Crippen LogP contribution is -2.26. The van der Waals surface area contributed by atoms with Crippen LogP contribution in [0.1, 0.15) is 37.8 Å². The molecule has 1 saturated heterocycles. The molecule has 0 aromatic carbocycles. The summed E-state index contributed by atoms with van der Waals surface area (Å²) in [5.74, 6) is 0. The molecule has 1 aromatic rings. The first-order valence-corrected chi connectivity index (χ1v) is 6.76. The Hall–Kier alpha value is -0.870. The molecular weight excluding hydrogens is 214 g/mol. The third kappa shape index (κ3) is 3.07. The summed E-state index contributed by atoms with van der Waals surface area (Å²) in [5.41, 5.74) is 1.28. The van der Waals surface area contributed by atoms with E-state index in [0.717, 1.165) is 25.7 Å². The Morgan fingerprint density at radius 1 is 1.35 bits per heavy atom. The molecule has 1 unspecified atom stereocenters. The Kier molecular flexibility index (Phi) is 3.43. The highest BCUT2D eigenvalue weighted by molar-refractivity contribution is 5.00. The van der Waals surface area contributed by atoms with E-state index in [1.54, 1.807) is 0 Å². The minimum absolute atomic E-state index is 0.387. The van der Waals surface area contributed by atoms with Gasteiger partial charge in [-0.25, -0.2) is 4.98 Å². The van der Waals surface area contributed by atoms with Crippen LogP contribution < -0.4 is 5.32 Å². The minimum atomic E-state index is 0.387. The normalized spacial score (nSPS) is 25.1. The van der Waals surface area contributed by atoms with E-state index in [4.69, 9.17) is 4.74 Å². The quantitative estimate of drug-likeness (QED) is 0.844. The molecule has 2 fully saturated rings. The molecule has 94 valence electrons. The van der Waals surface area contributed by atoms with Gasteiger partial charge in [-0.1, -0.05) is 0 Å². The van der Waals surface area contributed by atoms with Gasteiger partial charge in [0.05, 0.1) is 24.7 Å². The standard InChI is InChI=1S/C13H21N3O/c1-2-6-17-13(3-1)9-16-10-14-7-12(16)8-15-11-4-5-11/h7,10-11,13,15H,1-6,8-9H2. The number of rotatable bonds is 5. The Morgan fingerprint density at radius 2 is 2.29 bits per heavy atom. The molecule has 0 bridgehead atoms. The monoisotopic (exact) mass is 235 g/mol. The Labute approximate surface area is 102 Å². The Balaban J connectivity index is 1.55. The first kappa shape index (κ1) is 11.2. The molecule has 2 aliphatic rings. The van der Waals surface area contributed by atoms with E-state index in [1.165, 1.54) is 37.8 Å². The highest BCUT2D eigenvalue weighted by Crippen LogP contribution is 2.20. The van der Waals surface area contributed by atoms with Gasteiger partial charge in [0.25, 0.3) is 0 Å². The average Bonchev–Trinajstić information content (AvgIpc) is 3.09. The van der Waals surface area contributed by atoms with Crippen LogP contribution in [0.3, 0.4) is 0 Å². The topological polar surface area (TPSA) is 39.1 Å². The lowest BCUT2D eigenvalue weighted by Gasteiger charge is -2.23. The van der Waals surface area contributed by atoms with Gasteiger partial charge in [-0.2, -0.15) is 0 Å². The van der Waals surface area contributed by atoms with E-state index in [-0.39, 0.29) is 0 Å². The van der Waals surface area contributed by atoms with Gasteiger partial charge in [-0.3, -0.25) is 0 Å². The van der Waals surface area contributed by atoms with Crippen molar-refractivity contribution in [3.8, 4) is 0 Å². The van der Waals surface area contributed by atoms with Crippen LogP contribution >= 0.6 is 0 Å². The summed E-state index contributed by atoms with van der Waals surface area (Å²) in [6.07, 6.45) is 10.7. The molecule has 4 nitrogen and oxygen atoms in total. The summed E-state index contributed by atoms with van der Waals surface area (Å²) in [7, 11) is 0. The van der Waals surface area contributed by atoms with E-state index in [9.17, 15) is 0 Å². The van der Waals surface area contributed by atoms with Gasteiger partial charge in [0.15, 0.2) is 0 Å². The zero-order chi connectivity index (χ0) is 11.5. The van der Waals surface area contributed by atoms with Crippen molar-refractivity contribution in [2.45, 2.75) is 57.3 Å². The van der Waals surface area contributed by atoms with E-state index >= 15 is 0 Å². The predicted molar refractivity (Wildman–Crippen MR) is 65.7 cm³/mol. The average molecular weight is 235 g/mol. The van der Waals surface area contributed by atoms with Crippen molar-refractivity contribution in [1.29, 1.82) is 0 Å². The van der Waals surface area contributed by atoms with Crippen molar-refractivity contribution in [3.63, 3.8) is 0 Å². The summed E-state index contributed by atoms with van der Waals surface area (Å²) in [6, 6.07) is 0.754. The molecule has 1 aliphatic heterocycles. The van der Waals surface area contributed by atoms with Crippen LogP contribution in [-0.4, -0.2) is 28.3 Å². The third-order valence-corrected chi connectivity index (χ3v) is 3.62. The maximum atomic E-state index is 5.78. The molecule has 0 spiro atoms. The number of nitrogens with zero attached hydrogens (tertiary/aromatic N) is 2. The third-order valence-electron chi connectivity index (χ3n) is 3.62. The van der Waals surface area contributed by atoms with E-state index in [0.29, 0.717) is 6.10 Å². The Morgan fingerprint density at radius 3 is 3.06 bits per heavy atom. The van der Waals surface area contributed by atoms with Crippen molar-refractivity contribution >= 4 is 0 Å². The molecule has 0 radical (unpaired) electrons. The fourth-order valence-corrected chi connectivity index (χ4v) is 2.37. The molecule has 1 aliphatic carbocycles. The van der Waals surface area contributed by atoms with Crippen molar-refractivity contribution in [1.82, 2.24) is 14.9 Å². The summed E-state index contributed by atoms with van der Waals surface area (Å²) in [4.78, 5) is 4.25. The van der Waals surface area contributed by atoms with Gasteiger partial charge < -0.3 is 14.6 Å². The van der Waals surface area contributed by atoms with Crippen molar-refractivity contribution in [2.75, 3.05) is 6.61 Å². The van der Waals surface area contributed by atoms with Gasteiger partial charge in [-0.15, -0.1) is 0 Å². The second-order valence-corrected chi connectivity index (χ2v) is 5.18. The molecular formula is C13H21N3O. The van der Waals surface area contributed by atoms with Crippen LogP contribution in [0.25, 0.3) is 0 Å². The number of imidazole rings is 1. The molecule has 3 rings (SSSR count). The van der Waals surface area contributed by atoms with Gasteiger partial charge in [-0.05, 0) is 32.1 Å². The lowest BCUT2D eigenvalue weighted by atomic mass is 10.1. The van der Waals surface area contributed by atoms with Crippen LogP contribution in [0, 0.1) is 0 Å². The lowest BCUT2D eigenvalue weighted by molar-refractivity contribution is 0.00553. The fraction of sp³-hybridized carbons (Fsp3) is 0.769. The summed E-state index contributed by atoms with van der Waals surface area (Å²) in [5, 5.41) is 3.53. The van der Waals surface area contributed by atoms with Gasteiger partial charge in [0.2, 0.25) is 0 Å². The number of hydrogen-bond acceptors (Lipinski definition) is 3. The second-order valence-electron chi connectivity index (χ2n) is 5.18. The van der Waals surface area contributed by atoms with E-state index in [1.807, 2.05) is 12.5 Å². The van der Waals surface area contributed by atoms with Crippen LogP contribution in [0.4, 0.5) is 0 Å². The van der Waals surface area contributed by atoms with Gasteiger partial charge >= 0.3 is 0 Å². The van der Waals surface area contributed by atoms with Crippen molar-refractivity contribution in [3.05, 3.63) is 18.2 Å². The van der Waals surface area contributed by atoms with Crippen LogP contribution in [0.15, 0.2) is 12.5 Å². The zero-order valence-electron chi connectivity index (χ0n) is 10.3. The summed E-state index contributed by atoms with van der Waals surface area (Å²) in [6.45, 7) is 2.83. The van der Waals surface area contributed by atoms with Crippen molar-refractivity contribution in [2.24, 2.45) is 0 Å². The molecule has 2 heterocycles. The molecule has 1 aromatic heterocycles. The molecule has 1 saturated carbocycles. The first-order valence-electron chi connectivity index (χ1n) is 6.76. The smallest absolute Gasteiger partial charge is 0.0949 e. The first-order chi connectivity index (χ1) is 8.42. The molecule has 0 amide bonds. The minimum Gasteiger partial charge on any atom is -0.376 e. The SMILES string of the molecule is c1ncn(CC2CCCCO2)c1CNC1CC1. The van der Waals surface area contributed by atoms with E-state index < -0.39 is 0 Å². The molecule has 1 N–H and O–H groups in total. The van der Waals surface area contributed by atoms with Crippen LogP contribution in [0.2, 0.25) is 0 Å². The largest absolute Gasteiger partial charge is 0.376 e. The van der Waals surface area contributed by atoms with Crippen molar-refractivity contribution < 1.29 is 4.74 Å². The second kappa shape index (κ2) is 5.19. The van der Waals surface area contributed by atoms with Crippen LogP contribution in [-0.2, 0) is 17.8 Å². The maximum Gasteiger partial charge on any atom is 0.0949 e. The number of aromatic nitrogens is 2. The van der Waals surface area contributed by atoms with Crippen LogP contribution in [0.5, 0.6) is 0 Å². The highest BCUT2D eigenvalue weighted by Gasteiger charge is 2.21. The van der Waals surface area contributed by atoms with Gasteiger partial charge in [0, 0.05) is 25.4 Å². The fourth-order valence-electron chi connectivity index (χ4n) is 2.37. The number of nitrogens with one attached hydrogen (secondary N) is 1. The number of ether oxygens (including phenoxy) is 1. The maximum absolute atomic E-state index is 5.78. The zero-order valence-corrected chi connectivity index (χ0v) is 10.3. The number of hydrogen-bond donors (Lipinski definition) is 1. The van der Waals surface area contributed by atoms with Gasteiger partial charge in [0.1, 0.15) is 0 Å². The van der Waals surface area contributed by atoms with E-state index in [2.05, 4.69) is 14.9 Å². The predicted octanol–water partition coefficient (Wildman–Crippen LogP) is 1.70. The molecule has 4 heteroatoms. The molecule has 1 atom stereocenters. The summed E-state index contributed by atoms with van der Waals surface area (Å²) >= 11 is 0.